The summed E-state index contributed by atoms with van der Waals surface area (Å²) in [5.74, 6) is 0. The van der Waals surface area contributed by atoms with E-state index in [2.05, 4.69) is 4.33 Å². The van der Waals surface area contributed by atoms with Gasteiger partial charge in [0.05, 0.1) is 12.0 Å². The van der Waals surface area contributed by atoms with Gasteiger partial charge in [0.25, 0.3) is 0 Å². The van der Waals surface area contributed by atoms with E-state index in [1.165, 1.54) is 0 Å². The third kappa shape index (κ3) is 1.91. The molecule has 0 bridgehead atoms. The molecule has 0 aromatic heterocycles. The molecule has 0 radical (unpaired) electrons. The van der Waals surface area contributed by atoms with Gasteiger partial charge in [-0.15, -0.1) is 0 Å². The van der Waals surface area contributed by atoms with Crippen molar-refractivity contribution < 1.29 is 9.59 Å². The molecule has 0 heterocycles. The summed E-state index contributed by atoms with van der Waals surface area (Å²) in [6.07, 6.45) is 0. The molecule has 0 amide bonds. The first-order valence-corrected chi connectivity index (χ1v) is 3.40. The lowest BCUT2D eigenvalue weighted by molar-refractivity contribution is -0.116. The van der Waals surface area contributed by atoms with Crippen LogP contribution in [0.5, 0.6) is 0 Å². The van der Waals surface area contributed by atoms with E-state index < -0.39 is 0 Å². The third-order valence-corrected chi connectivity index (χ3v) is 1.51. The Labute approximate surface area is 62.9 Å². The molecule has 4 heteroatoms. The molecule has 3 N–H and O–H groups in total. The molecule has 0 aliphatic carbocycles. The van der Waals surface area contributed by atoms with Gasteiger partial charge in [0.15, 0.2) is 0 Å². The van der Waals surface area contributed by atoms with Crippen LogP contribution in [0.2, 0.25) is 0 Å². The molecule has 0 aliphatic heterocycles. The summed E-state index contributed by atoms with van der Waals surface area (Å²) in [7, 11) is 0. The molecule has 0 atom stereocenters. The van der Waals surface area contributed by atoms with Crippen LogP contribution < -0.4 is 5.73 Å². The van der Waals surface area contributed by atoms with Crippen molar-refractivity contribution in [1.29, 1.82) is 0 Å². The minimum atomic E-state index is 0.655. The number of benzene rings is 1. The topological polar surface area (TPSA) is 55.5 Å². The fourth-order valence-electron chi connectivity index (χ4n) is 0.609. The van der Waals surface area contributed by atoms with Crippen molar-refractivity contribution >= 4 is 17.7 Å². The number of hydrogen-bond acceptors (Lipinski definition) is 4. The Balaban J connectivity index is 2.75. The van der Waals surface area contributed by atoms with Gasteiger partial charge in [-0.05, 0) is 18.2 Å². The Bertz CT molecular complexity index is 217. The molecular formula is C6H7NO2S. The van der Waals surface area contributed by atoms with Crippen LogP contribution >= 0.6 is 12.0 Å². The van der Waals surface area contributed by atoms with Crippen LogP contribution in [0.15, 0.2) is 29.2 Å². The maximum absolute atomic E-state index is 8.03. The summed E-state index contributed by atoms with van der Waals surface area (Å²) in [6, 6.07) is 7.05. The number of hydrogen-bond donors (Lipinski definition) is 2. The molecule has 0 saturated heterocycles. The second kappa shape index (κ2) is 3.46. The predicted molar refractivity (Wildman–Crippen MR) is 40.4 cm³/mol. The van der Waals surface area contributed by atoms with E-state index in [1.54, 1.807) is 24.3 Å². The maximum Gasteiger partial charge on any atom is 0.0680 e. The molecule has 0 aliphatic rings. The largest absolute Gasteiger partial charge is 0.399 e. The molecular weight excluding hydrogens is 150 g/mol. The van der Waals surface area contributed by atoms with Gasteiger partial charge >= 0.3 is 0 Å². The van der Waals surface area contributed by atoms with Crippen molar-refractivity contribution in [2.75, 3.05) is 5.73 Å². The molecule has 0 saturated carbocycles. The molecule has 3 nitrogen and oxygen atoms in total. The monoisotopic (exact) mass is 157 g/mol. The Morgan fingerprint density at radius 1 is 1.50 bits per heavy atom. The fraction of sp³-hybridized carbons (Fsp3) is 0. The van der Waals surface area contributed by atoms with E-state index in [1.807, 2.05) is 0 Å². The smallest absolute Gasteiger partial charge is 0.0680 e. The van der Waals surface area contributed by atoms with Crippen LogP contribution in [0, 0.1) is 0 Å². The summed E-state index contributed by atoms with van der Waals surface area (Å²) in [4.78, 5) is 0.780. The van der Waals surface area contributed by atoms with Crippen molar-refractivity contribution in [3.63, 3.8) is 0 Å². The lowest BCUT2D eigenvalue weighted by Gasteiger charge is -1.95. The molecule has 0 fully saturated rings. The molecule has 0 unspecified atom stereocenters. The van der Waals surface area contributed by atoms with E-state index >= 15 is 0 Å². The number of rotatable bonds is 2. The summed E-state index contributed by atoms with van der Waals surface area (Å²) >= 11 is 0.865. The van der Waals surface area contributed by atoms with E-state index in [9.17, 15) is 0 Å². The average Bonchev–Trinajstić information content (AvgIpc) is 1.88. The van der Waals surface area contributed by atoms with E-state index in [0.717, 1.165) is 16.9 Å². The zero-order chi connectivity index (χ0) is 7.40. The van der Waals surface area contributed by atoms with Crippen molar-refractivity contribution in [2.24, 2.45) is 0 Å². The minimum absolute atomic E-state index is 0.655. The SMILES string of the molecule is Nc1cccc(SOO)c1. The van der Waals surface area contributed by atoms with Crippen LogP contribution in [0.25, 0.3) is 0 Å². The summed E-state index contributed by atoms with van der Waals surface area (Å²) in [5.41, 5.74) is 6.09. The van der Waals surface area contributed by atoms with Crippen molar-refractivity contribution in [3.8, 4) is 0 Å². The molecule has 0 spiro atoms. The first-order chi connectivity index (χ1) is 4.83. The van der Waals surface area contributed by atoms with Gasteiger partial charge in [0, 0.05) is 10.6 Å². The van der Waals surface area contributed by atoms with Gasteiger partial charge in [0.2, 0.25) is 0 Å². The van der Waals surface area contributed by atoms with Gasteiger partial charge in [0.1, 0.15) is 0 Å². The molecule has 54 valence electrons. The number of anilines is 1. The fourth-order valence-corrected chi connectivity index (χ4v) is 1.01. The number of nitrogen functional groups attached to an aromatic ring is 1. The molecule has 10 heavy (non-hydrogen) atoms. The highest BCUT2D eigenvalue weighted by molar-refractivity contribution is 7.94. The predicted octanol–water partition coefficient (Wildman–Crippen LogP) is 1.77. The summed E-state index contributed by atoms with van der Waals surface area (Å²) in [6.45, 7) is 0. The highest BCUT2D eigenvalue weighted by Gasteiger charge is 1.92. The standard InChI is InChI=1S/C6H7NO2S/c7-5-2-1-3-6(4-5)10-9-8/h1-4,8H,7H2. The van der Waals surface area contributed by atoms with Crippen LogP contribution in [-0.4, -0.2) is 5.26 Å². The van der Waals surface area contributed by atoms with Crippen LogP contribution in [0.3, 0.4) is 0 Å². The van der Waals surface area contributed by atoms with Gasteiger partial charge in [-0.1, -0.05) is 6.07 Å². The Morgan fingerprint density at radius 2 is 2.30 bits per heavy atom. The Kier molecular flexibility index (Phi) is 2.56. The van der Waals surface area contributed by atoms with E-state index in [0.29, 0.717) is 5.69 Å². The van der Waals surface area contributed by atoms with Crippen molar-refractivity contribution in [1.82, 2.24) is 0 Å². The quantitative estimate of drug-likeness (QED) is 0.297. The maximum atomic E-state index is 8.03. The van der Waals surface area contributed by atoms with Gasteiger partial charge in [-0.25, -0.2) is 5.26 Å². The normalized spacial score (nSPS) is 9.70. The zero-order valence-electron chi connectivity index (χ0n) is 5.15. The van der Waals surface area contributed by atoms with Crippen molar-refractivity contribution in [3.05, 3.63) is 24.3 Å². The first kappa shape index (κ1) is 7.40. The van der Waals surface area contributed by atoms with E-state index in [4.69, 9.17) is 11.0 Å². The molecule has 1 aromatic carbocycles. The highest BCUT2D eigenvalue weighted by atomic mass is 32.2. The van der Waals surface area contributed by atoms with Crippen LogP contribution in [0.4, 0.5) is 5.69 Å². The highest BCUT2D eigenvalue weighted by Crippen LogP contribution is 2.19. The lowest BCUT2D eigenvalue weighted by Crippen LogP contribution is -1.83. The van der Waals surface area contributed by atoms with E-state index in [-0.39, 0.29) is 0 Å². The van der Waals surface area contributed by atoms with Gasteiger partial charge in [-0.2, -0.15) is 4.33 Å². The van der Waals surface area contributed by atoms with Crippen LogP contribution in [0.1, 0.15) is 0 Å². The molecule has 1 rings (SSSR count). The van der Waals surface area contributed by atoms with Gasteiger partial charge < -0.3 is 5.73 Å². The Hall–Kier alpha value is -0.710. The first-order valence-electron chi connectivity index (χ1n) is 2.66. The second-order valence-corrected chi connectivity index (χ2v) is 2.52. The third-order valence-electron chi connectivity index (χ3n) is 0.992. The van der Waals surface area contributed by atoms with Crippen molar-refractivity contribution in [2.45, 2.75) is 4.90 Å². The lowest BCUT2D eigenvalue weighted by atomic mass is 10.3. The number of nitrogens with two attached hydrogens (primary N) is 1. The summed E-state index contributed by atoms with van der Waals surface area (Å²) in [5, 5.41) is 8.03. The zero-order valence-corrected chi connectivity index (χ0v) is 5.97. The minimum Gasteiger partial charge on any atom is -0.399 e. The van der Waals surface area contributed by atoms with Crippen LogP contribution in [-0.2, 0) is 4.33 Å². The summed E-state index contributed by atoms with van der Waals surface area (Å²) < 4.78 is 3.84. The van der Waals surface area contributed by atoms with Gasteiger partial charge in [-0.3, -0.25) is 0 Å². The Morgan fingerprint density at radius 3 is 2.90 bits per heavy atom. The molecule has 1 aromatic rings. The second-order valence-electron chi connectivity index (χ2n) is 1.73. The average molecular weight is 157 g/mol.